The van der Waals surface area contributed by atoms with Crippen LogP contribution in [-0.4, -0.2) is 11.9 Å². The van der Waals surface area contributed by atoms with Crippen LogP contribution in [0.25, 0.3) is 0 Å². The average molecular weight is 210 g/mol. The average Bonchev–Trinajstić information content (AvgIpc) is 2.26. The van der Waals surface area contributed by atoms with E-state index in [4.69, 9.17) is 4.74 Å². The molecule has 0 amide bonds. The molecule has 0 bridgehead atoms. The summed E-state index contributed by atoms with van der Waals surface area (Å²) in [5.74, 6) is 0.264. The Bertz CT molecular complexity index is 262. The summed E-state index contributed by atoms with van der Waals surface area (Å²) in [6.07, 6.45) is 5.93. The number of ether oxygens (including phenoxy) is 1. The van der Waals surface area contributed by atoms with Gasteiger partial charge in [0, 0.05) is 11.0 Å². The zero-order valence-corrected chi connectivity index (χ0v) is 10.3. The molecule has 0 unspecified atom stereocenters. The third-order valence-corrected chi connectivity index (χ3v) is 2.89. The monoisotopic (exact) mass is 210 g/mol. The van der Waals surface area contributed by atoms with E-state index in [-0.39, 0.29) is 17.3 Å². The highest BCUT2D eigenvalue weighted by atomic mass is 16.5. The molecule has 1 saturated carbocycles. The highest BCUT2D eigenvalue weighted by Gasteiger charge is 2.32. The molecule has 0 aromatic rings. The van der Waals surface area contributed by atoms with E-state index in [9.17, 15) is 4.79 Å². The highest BCUT2D eigenvalue weighted by Crippen LogP contribution is 2.33. The molecule has 1 aliphatic rings. The van der Waals surface area contributed by atoms with Crippen molar-refractivity contribution in [2.75, 3.05) is 0 Å². The van der Waals surface area contributed by atoms with Gasteiger partial charge in [-0.25, -0.2) is 0 Å². The van der Waals surface area contributed by atoms with Crippen molar-refractivity contribution in [3.8, 4) is 0 Å². The summed E-state index contributed by atoms with van der Waals surface area (Å²) < 4.78 is 5.42. The molecular weight excluding hydrogens is 188 g/mol. The zero-order valence-electron chi connectivity index (χ0n) is 10.3. The van der Waals surface area contributed by atoms with Gasteiger partial charge in [0.1, 0.15) is 0 Å². The molecule has 1 rings (SSSR count). The fourth-order valence-electron chi connectivity index (χ4n) is 1.87. The van der Waals surface area contributed by atoms with Gasteiger partial charge in [0.25, 0.3) is 0 Å². The molecule has 0 saturated heterocycles. The van der Waals surface area contributed by atoms with Gasteiger partial charge in [-0.15, -0.1) is 0 Å². The number of hydrogen-bond donors (Lipinski definition) is 0. The smallest absolute Gasteiger partial charge is 0.167 e. The Kier molecular flexibility index (Phi) is 3.95. The Labute approximate surface area is 92.7 Å². The van der Waals surface area contributed by atoms with Crippen molar-refractivity contribution in [3.63, 3.8) is 0 Å². The third-order valence-electron chi connectivity index (χ3n) is 2.89. The maximum atomic E-state index is 12.1. The fourth-order valence-corrected chi connectivity index (χ4v) is 1.87. The normalized spacial score (nSPS) is 24.3. The molecule has 0 N–H and O–H groups in total. The lowest BCUT2D eigenvalue weighted by Crippen LogP contribution is -2.24. The van der Waals surface area contributed by atoms with Crippen LogP contribution in [0.4, 0.5) is 0 Å². The molecule has 86 valence electrons. The summed E-state index contributed by atoms with van der Waals surface area (Å²) >= 11 is 0. The molecule has 0 heterocycles. The van der Waals surface area contributed by atoms with Crippen LogP contribution in [0.1, 0.15) is 53.4 Å². The Hall–Kier alpha value is -0.790. The number of allylic oxidation sites excluding steroid dienone is 1. The van der Waals surface area contributed by atoms with Crippen molar-refractivity contribution in [3.05, 3.63) is 11.8 Å². The summed E-state index contributed by atoms with van der Waals surface area (Å²) in [4.78, 5) is 12.1. The highest BCUT2D eigenvalue weighted by molar-refractivity contribution is 5.99. The second-order valence-corrected chi connectivity index (χ2v) is 5.25. The first-order valence-electron chi connectivity index (χ1n) is 5.83. The van der Waals surface area contributed by atoms with Crippen LogP contribution in [0.2, 0.25) is 0 Å². The summed E-state index contributed by atoms with van der Waals surface area (Å²) in [6.45, 7) is 8.01. The number of carbonyl (C=O) groups excluding carboxylic acids is 1. The minimum Gasteiger partial charge on any atom is -0.498 e. The molecule has 1 fully saturated rings. The molecule has 2 nitrogen and oxygen atoms in total. The largest absolute Gasteiger partial charge is 0.498 e. The predicted molar refractivity (Wildman–Crippen MR) is 61.6 cm³/mol. The van der Waals surface area contributed by atoms with E-state index in [1.807, 2.05) is 27.7 Å². The van der Waals surface area contributed by atoms with Crippen molar-refractivity contribution in [1.29, 1.82) is 0 Å². The Morgan fingerprint density at radius 1 is 1.33 bits per heavy atom. The predicted octanol–water partition coefficient (Wildman–Crippen LogP) is 3.46. The first kappa shape index (κ1) is 12.3. The number of ketones is 1. The van der Waals surface area contributed by atoms with E-state index in [0.29, 0.717) is 0 Å². The van der Waals surface area contributed by atoms with Crippen molar-refractivity contribution in [2.45, 2.75) is 59.5 Å². The quantitative estimate of drug-likeness (QED) is 0.396. The van der Waals surface area contributed by atoms with Crippen molar-refractivity contribution < 1.29 is 9.53 Å². The number of rotatable bonds is 2. The van der Waals surface area contributed by atoms with Crippen molar-refractivity contribution in [2.24, 2.45) is 5.41 Å². The van der Waals surface area contributed by atoms with E-state index in [2.05, 4.69) is 0 Å². The molecule has 0 spiro atoms. The molecule has 0 aliphatic heterocycles. The molecule has 1 aliphatic carbocycles. The number of carbonyl (C=O) groups is 1. The van der Waals surface area contributed by atoms with Gasteiger partial charge in [-0.3, -0.25) is 4.79 Å². The SMILES string of the molecule is CC(C)O/C=C1\CCCCC(C)(C)C1=O. The summed E-state index contributed by atoms with van der Waals surface area (Å²) in [5.41, 5.74) is 0.661. The Morgan fingerprint density at radius 2 is 2.00 bits per heavy atom. The topological polar surface area (TPSA) is 26.3 Å². The maximum absolute atomic E-state index is 12.1. The van der Waals surface area contributed by atoms with E-state index >= 15 is 0 Å². The maximum Gasteiger partial charge on any atom is 0.167 e. The molecule has 0 radical (unpaired) electrons. The van der Waals surface area contributed by atoms with Crippen LogP contribution in [-0.2, 0) is 9.53 Å². The standard InChI is InChI=1S/C13H22O2/c1-10(2)15-9-11-7-5-6-8-13(3,4)12(11)14/h9-10H,5-8H2,1-4H3/b11-9+. The molecule has 0 atom stereocenters. The Balaban J connectivity index is 2.78. The lowest BCUT2D eigenvalue weighted by molar-refractivity contribution is -0.123. The first-order chi connectivity index (χ1) is 6.93. The molecule has 0 aromatic heterocycles. The van der Waals surface area contributed by atoms with Crippen LogP contribution in [0, 0.1) is 5.41 Å². The van der Waals surface area contributed by atoms with E-state index in [0.717, 1.165) is 31.3 Å². The third kappa shape index (κ3) is 3.37. The molecule has 2 heteroatoms. The summed E-state index contributed by atoms with van der Waals surface area (Å²) in [7, 11) is 0. The fraction of sp³-hybridized carbons (Fsp3) is 0.769. The molecule has 0 aromatic carbocycles. The minimum absolute atomic E-state index is 0.150. The van der Waals surface area contributed by atoms with Gasteiger partial charge >= 0.3 is 0 Å². The van der Waals surface area contributed by atoms with Crippen LogP contribution >= 0.6 is 0 Å². The number of hydrogen-bond acceptors (Lipinski definition) is 2. The van der Waals surface area contributed by atoms with Gasteiger partial charge in [0.15, 0.2) is 5.78 Å². The molecular formula is C13H22O2. The van der Waals surface area contributed by atoms with Crippen LogP contribution in [0.15, 0.2) is 11.8 Å². The van der Waals surface area contributed by atoms with E-state index < -0.39 is 0 Å². The molecule has 15 heavy (non-hydrogen) atoms. The minimum atomic E-state index is -0.206. The van der Waals surface area contributed by atoms with Gasteiger partial charge < -0.3 is 4.74 Å². The first-order valence-corrected chi connectivity index (χ1v) is 5.83. The summed E-state index contributed by atoms with van der Waals surface area (Å²) in [6, 6.07) is 0. The van der Waals surface area contributed by atoms with E-state index in [1.165, 1.54) is 0 Å². The van der Waals surface area contributed by atoms with Gasteiger partial charge in [-0.1, -0.05) is 20.3 Å². The summed E-state index contributed by atoms with van der Waals surface area (Å²) in [5, 5.41) is 0. The van der Waals surface area contributed by atoms with Crippen LogP contribution in [0.5, 0.6) is 0 Å². The second kappa shape index (κ2) is 4.82. The second-order valence-electron chi connectivity index (χ2n) is 5.25. The lowest BCUT2D eigenvalue weighted by Gasteiger charge is -2.21. The Morgan fingerprint density at radius 3 is 2.60 bits per heavy atom. The van der Waals surface area contributed by atoms with E-state index in [1.54, 1.807) is 6.26 Å². The lowest BCUT2D eigenvalue weighted by atomic mass is 9.82. The van der Waals surface area contributed by atoms with Crippen LogP contribution in [0.3, 0.4) is 0 Å². The number of Topliss-reactive ketones (excluding diaryl/α,β-unsaturated/α-hetero) is 1. The van der Waals surface area contributed by atoms with Crippen LogP contribution < -0.4 is 0 Å². The van der Waals surface area contributed by atoms with Gasteiger partial charge in [-0.05, 0) is 33.1 Å². The van der Waals surface area contributed by atoms with Crippen molar-refractivity contribution in [1.82, 2.24) is 0 Å². The zero-order chi connectivity index (χ0) is 11.5. The van der Waals surface area contributed by atoms with Crippen molar-refractivity contribution >= 4 is 5.78 Å². The van der Waals surface area contributed by atoms with Gasteiger partial charge in [0.2, 0.25) is 0 Å². The van der Waals surface area contributed by atoms with Gasteiger partial charge in [0.05, 0.1) is 12.4 Å². The van der Waals surface area contributed by atoms with Gasteiger partial charge in [-0.2, -0.15) is 0 Å².